The number of halogens is 1. The van der Waals surface area contributed by atoms with Crippen molar-refractivity contribution in [3.05, 3.63) is 23.4 Å². The zero-order valence-corrected chi connectivity index (χ0v) is 14.2. The molecule has 0 spiro atoms. The van der Waals surface area contributed by atoms with Crippen molar-refractivity contribution in [2.45, 2.75) is 19.8 Å². The van der Waals surface area contributed by atoms with Crippen molar-refractivity contribution in [2.75, 3.05) is 31.6 Å². The number of nitrogens with zero attached hydrogens (tertiary/aromatic N) is 3. The number of anilines is 1. The smallest absolute Gasteiger partial charge is 0.308 e. The first-order valence-corrected chi connectivity index (χ1v) is 8.10. The number of aliphatic carboxylic acids is 1. The van der Waals surface area contributed by atoms with Gasteiger partial charge in [0.15, 0.2) is 0 Å². The normalized spacial score (nSPS) is 16.9. The minimum atomic E-state index is -0.881. The number of carbonyl (C=O) groups excluding carboxylic acids is 1. The van der Waals surface area contributed by atoms with E-state index in [4.69, 9.17) is 16.7 Å². The van der Waals surface area contributed by atoms with Crippen LogP contribution in [0.3, 0.4) is 0 Å². The van der Waals surface area contributed by atoms with Crippen molar-refractivity contribution in [1.82, 2.24) is 9.88 Å². The average molecular weight is 340 g/mol. The molecule has 0 aromatic carbocycles. The molecule has 1 aliphatic rings. The molecule has 1 aromatic rings. The van der Waals surface area contributed by atoms with Gasteiger partial charge in [-0.25, -0.2) is 4.98 Å². The van der Waals surface area contributed by atoms with Crippen LogP contribution < -0.4 is 4.90 Å². The van der Waals surface area contributed by atoms with Crippen molar-refractivity contribution in [2.24, 2.45) is 11.8 Å². The predicted octanol–water partition coefficient (Wildman–Crippen LogP) is 2.13. The Kier molecular flexibility index (Phi) is 5.82. The van der Waals surface area contributed by atoms with E-state index in [1.165, 1.54) is 0 Å². The Morgan fingerprint density at radius 3 is 2.61 bits per heavy atom. The summed E-state index contributed by atoms with van der Waals surface area (Å²) in [4.78, 5) is 31.3. The van der Waals surface area contributed by atoms with E-state index in [0.29, 0.717) is 5.02 Å². The van der Waals surface area contributed by atoms with E-state index in [0.717, 1.165) is 31.7 Å². The Morgan fingerprint density at radius 2 is 2.09 bits per heavy atom. The fourth-order valence-electron chi connectivity index (χ4n) is 2.80. The van der Waals surface area contributed by atoms with Gasteiger partial charge in [-0.3, -0.25) is 9.59 Å². The van der Waals surface area contributed by atoms with Gasteiger partial charge in [0, 0.05) is 38.8 Å². The first kappa shape index (κ1) is 17.5. The molecular weight excluding hydrogens is 318 g/mol. The van der Waals surface area contributed by atoms with Crippen LogP contribution >= 0.6 is 11.6 Å². The van der Waals surface area contributed by atoms with Gasteiger partial charge in [0.1, 0.15) is 5.82 Å². The van der Waals surface area contributed by atoms with Crippen LogP contribution in [0.5, 0.6) is 0 Å². The van der Waals surface area contributed by atoms with Gasteiger partial charge in [-0.05, 0) is 25.0 Å². The third kappa shape index (κ3) is 4.58. The van der Waals surface area contributed by atoms with E-state index in [2.05, 4.69) is 9.88 Å². The quantitative estimate of drug-likeness (QED) is 0.889. The third-order valence-electron chi connectivity index (χ3n) is 4.23. The standard InChI is InChI=1S/C16H22ClN3O3/c1-11(16(22)23)10-19(2)15(21)12-5-7-20(8-6-12)14-4-3-13(17)9-18-14/h3-4,9,11-12H,5-8,10H2,1-2H3,(H,22,23)/t11-/m0/s1. The van der Waals surface area contributed by atoms with Crippen LogP contribution in [-0.4, -0.2) is 53.5 Å². The molecule has 126 valence electrons. The van der Waals surface area contributed by atoms with Crippen LogP contribution in [0.2, 0.25) is 5.02 Å². The second kappa shape index (κ2) is 7.64. The number of carbonyl (C=O) groups is 2. The maximum absolute atomic E-state index is 12.4. The van der Waals surface area contributed by atoms with E-state index >= 15 is 0 Å². The summed E-state index contributed by atoms with van der Waals surface area (Å²) < 4.78 is 0. The van der Waals surface area contributed by atoms with Gasteiger partial charge in [-0.2, -0.15) is 0 Å². The Hall–Kier alpha value is -1.82. The first-order valence-electron chi connectivity index (χ1n) is 7.72. The van der Waals surface area contributed by atoms with Crippen molar-refractivity contribution in [3.63, 3.8) is 0 Å². The molecule has 1 aliphatic heterocycles. The summed E-state index contributed by atoms with van der Waals surface area (Å²) in [6, 6.07) is 3.69. The van der Waals surface area contributed by atoms with Crippen LogP contribution in [-0.2, 0) is 9.59 Å². The average Bonchev–Trinajstić information content (AvgIpc) is 2.55. The van der Waals surface area contributed by atoms with Crippen LogP contribution in [0.15, 0.2) is 18.3 Å². The zero-order chi connectivity index (χ0) is 17.0. The number of aromatic nitrogens is 1. The topological polar surface area (TPSA) is 73.7 Å². The lowest BCUT2D eigenvalue weighted by molar-refractivity contribution is -0.143. The Bertz CT molecular complexity index is 556. The van der Waals surface area contributed by atoms with Gasteiger partial charge in [-0.15, -0.1) is 0 Å². The van der Waals surface area contributed by atoms with Crippen molar-refractivity contribution < 1.29 is 14.7 Å². The Labute approximate surface area is 141 Å². The molecule has 2 heterocycles. The van der Waals surface area contributed by atoms with Crippen molar-refractivity contribution in [1.29, 1.82) is 0 Å². The van der Waals surface area contributed by atoms with Crippen LogP contribution in [0, 0.1) is 11.8 Å². The van der Waals surface area contributed by atoms with E-state index in [9.17, 15) is 9.59 Å². The van der Waals surface area contributed by atoms with Gasteiger partial charge >= 0.3 is 5.97 Å². The molecule has 1 atom stereocenters. The van der Waals surface area contributed by atoms with Crippen LogP contribution in [0.4, 0.5) is 5.82 Å². The van der Waals surface area contributed by atoms with Crippen molar-refractivity contribution in [3.8, 4) is 0 Å². The summed E-state index contributed by atoms with van der Waals surface area (Å²) in [6.07, 6.45) is 3.11. The zero-order valence-electron chi connectivity index (χ0n) is 13.4. The molecule has 0 unspecified atom stereocenters. The molecule has 0 aliphatic carbocycles. The largest absolute Gasteiger partial charge is 0.481 e. The highest BCUT2D eigenvalue weighted by Gasteiger charge is 2.28. The fraction of sp³-hybridized carbons (Fsp3) is 0.562. The lowest BCUT2D eigenvalue weighted by atomic mass is 9.95. The number of piperidine rings is 1. The summed E-state index contributed by atoms with van der Waals surface area (Å²) in [5.74, 6) is -0.588. The highest BCUT2D eigenvalue weighted by molar-refractivity contribution is 6.30. The molecule has 6 nitrogen and oxygen atoms in total. The highest BCUT2D eigenvalue weighted by atomic mass is 35.5. The number of hydrogen-bond donors (Lipinski definition) is 1. The van der Waals surface area contributed by atoms with Crippen molar-refractivity contribution >= 4 is 29.3 Å². The summed E-state index contributed by atoms with van der Waals surface area (Å²) in [6.45, 7) is 3.37. The maximum Gasteiger partial charge on any atom is 0.308 e. The SMILES string of the molecule is C[C@@H](CN(C)C(=O)C1CCN(c2ccc(Cl)cn2)CC1)C(=O)O. The molecule has 1 amide bonds. The van der Waals surface area contributed by atoms with E-state index in [1.807, 2.05) is 12.1 Å². The second-order valence-electron chi connectivity index (χ2n) is 6.05. The van der Waals surface area contributed by atoms with Gasteiger partial charge in [-0.1, -0.05) is 18.5 Å². The molecule has 0 radical (unpaired) electrons. The van der Waals surface area contributed by atoms with E-state index in [1.54, 1.807) is 25.1 Å². The van der Waals surface area contributed by atoms with Gasteiger partial charge in [0.2, 0.25) is 5.91 Å². The number of hydrogen-bond acceptors (Lipinski definition) is 4. The summed E-state index contributed by atoms with van der Waals surface area (Å²) in [7, 11) is 1.68. The molecule has 1 fully saturated rings. The second-order valence-corrected chi connectivity index (χ2v) is 6.49. The lowest BCUT2D eigenvalue weighted by Gasteiger charge is -2.34. The number of carboxylic acid groups (broad SMARTS) is 1. The molecule has 1 N–H and O–H groups in total. The Balaban J connectivity index is 1.87. The summed E-state index contributed by atoms with van der Waals surface area (Å²) >= 11 is 5.84. The molecule has 2 rings (SSSR count). The van der Waals surface area contributed by atoms with Gasteiger partial charge < -0.3 is 14.9 Å². The maximum atomic E-state index is 12.4. The summed E-state index contributed by atoms with van der Waals surface area (Å²) in [5.41, 5.74) is 0. The molecule has 1 saturated heterocycles. The molecule has 1 aromatic heterocycles. The summed E-state index contributed by atoms with van der Waals surface area (Å²) in [5, 5.41) is 9.55. The monoisotopic (exact) mass is 339 g/mol. The third-order valence-corrected chi connectivity index (χ3v) is 4.45. The number of carboxylic acids is 1. The minimum absolute atomic E-state index is 0.0295. The molecule has 23 heavy (non-hydrogen) atoms. The van der Waals surface area contributed by atoms with Gasteiger partial charge in [0.25, 0.3) is 0 Å². The number of amides is 1. The van der Waals surface area contributed by atoms with E-state index in [-0.39, 0.29) is 18.4 Å². The first-order chi connectivity index (χ1) is 10.9. The Morgan fingerprint density at radius 1 is 1.43 bits per heavy atom. The lowest BCUT2D eigenvalue weighted by Crippen LogP contribution is -2.43. The number of pyridine rings is 1. The van der Waals surface area contributed by atoms with Crippen LogP contribution in [0.1, 0.15) is 19.8 Å². The van der Waals surface area contributed by atoms with Crippen LogP contribution in [0.25, 0.3) is 0 Å². The van der Waals surface area contributed by atoms with Gasteiger partial charge in [0.05, 0.1) is 10.9 Å². The molecule has 7 heteroatoms. The molecule has 0 bridgehead atoms. The predicted molar refractivity (Wildman–Crippen MR) is 88.6 cm³/mol. The fourth-order valence-corrected chi connectivity index (χ4v) is 2.91. The molecule has 0 saturated carbocycles. The highest BCUT2D eigenvalue weighted by Crippen LogP contribution is 2.24. The minimum Gasteiger partial charge on any atom is -0.481 e. The van der Waals surface area contributed by atoms with E-state index < -0.39 is 11.9 Å². The number of rotatable bonds is 5. The molecular formula is C16H22ClN3O3.